The highest BCUT2D eigenvalue weighted by Crippen LogP contribution is 2.18. The van der Waals surface area contributed by atoms with Crippen LogP contribution in [0.4, 0.5) is 0 Å². The molecule has 5 heteroatoms. The van der Waals surface area contributed by atoms with Crippen LogP contribution in [0.2, 0.25) is 5.02 Å². The normalized spacial score (nSPS) is 24.1. The highest BCUT2D eigenvalue weighted by atomic mass is 35.5. The van der Waals surface area contributed by atoms with E-state index in [1.54, 1.807) is 18.3 Å². The van der Waals surface area contributed by atoms with Crippen LogP contribution in [0.3, 0.4) is 0 Å². The van der Waals surface area contributed by atoms with Gasteiger partial charge < -0.3 is 9.64 Å². The molecule has 1 aliphatic rings. The fraction of sp³-hybridized carbons (Fsp3) is 0.538. The summed E-state index contributed by atoms with van der Waals surface area (Å²) in [7, 11) is 0. The Morgan fingerprint density at radius 2 is 2.44 bits per heavy atom. The topological polar surface area (TPSA) is 42.4 Å². The number of morpholine rings is 1. The lowest BCUT2D eigenvalue weighted by Gasteiger charge is -2.38. The van der Waals surface area contributed by atoms with Crippen LogP contribution in [0.1, 0.15) is 30.8 Å². The summed E-state index contributed by atoms with van der Waals surface area (Å²) in [5, 5.41) is 0.530. The number of carbonyl (C=O) groups is 1. The summed E-state index contributed by atoms with van der Waals surface area (Å²) in [6, 6.07) is 3.39. The lowest BCUT2D eigenvalue weighted by Crippen LogP contribution is -2.51. The molecular formula is C13H17ClN2O2. The van der Waals surface area contributed by atoms with E-state index in [1.165, 1.54) is 0 Å². The molecule has 1 amide bonds. The third kappa shape index (κ3) is 2.82. The number of pyridine rings is 1. The number of carbonyl (C=O) groups excluding carboxylic acids is 1. The van der Waals surface area contributed by atoms with Crippen LogP contribution in [0.5, 0.6) is 0 Å². The zero-order valence-electron chi connectivity index (χ0n) is 10.6. The molecule has 2 atom stereocenters. The van der Waals surface area contributed by atoms with E-state index < -0.39 is 0 Å². The first-order chi connectivity index (χ1) is 8.61. The van der Waals surface area contributed by atoms with E-state index in [9.17, 15) is 4.79 Å². The Morgan fingerprint density at radius 1 is 1.67 bits per heavy atom. The van der Waals surface area contributed by atoms with Gasteiger partial charge in [-0.15, -0.1) is 0 Å². The van der Waals surface area contributed by atoms with E-state index in [0.717, 1.165) is 6.42 Å². The molecular weight excluding hydrogens is 252 g/mol. The first kappa shape index (κ1) is 13.3. The lowest BCUT2D eigenvalue weighted by atomic mass is 10.1. The van der Waals surface area contributed by atoms with Gasteiger partial charge in [-0.1, -0.05) is 18.5 Å². The maximum atomic E-state index is 12.4. The average Bonchev–Trinajstić information content (AvgIpc) is 2.38. The van der Waals surface area contributed by atoms with E-state index in [2.05, 4.69) is 11.9 Å². The van der Waals surface area contributed by atoms with E-state index in [1.807, 2.05) is 11.8 Å². The van der Waals surface area contributed by atoms with Gasteiger partial charge in [-0.05, 0) is 25.5 Å². The highest BCUT2D eigenvalue weighted by Gasteiger charge is 2.30. The van der Waals surface area contributed by atoms with Gasteiger partial charge >= 0.3 is 0 Å². The van der Waals surface area contributed by atoms with E-state index in [0.29, 0.717) is 23.9 Å². The number of hydrogen-bond donors (Lipinski definition) is 0. The number of ether oxygens (including phenoxy) is 1. The van der Waals surface area contributed by atoms with Crippen LogP contribution >= 0.6 is 11.6 Å². The summed E-state index contributed by atoms with van der Waals surface area (Å²) in [5.74, 6) is -0.0699. The third-order valence-electron chi connectivity index (χ3n) is 3.14. The zero-order chi connectivity index (χ0) is 13.1. The Kier molecular flexibility index (Phi) is 4.19. The fourth-order valence-corrected chi connectivity index (χ4v) is 2.26. The number of aromatic nitrogens is 1. The summed E-state index contributed by atoms with van der Waals surface area (Å²) < 4.78 is 5.58. The van der Waals surface area contributed by atoms with Crippen molar-refractivity contribution in [3.05, 3.63) is 29.0 Å². The quantitative estimate of drug-likeness (QED) is 0.827. The third-order valence-corrected chi connectivity index (χ3v) is 3.38. The first-order valence-corrected chi connectivity index (χ1v) is 6.53. The largest absolute Gasteiger partial charge is 0.375 e. The molecule has 4 nitrogen and oxygen atoms in total. The van der Waals surface area contributed by atoms with Crippen molar-refractivity contribution in [3.8, 4) is 0 Å². The minimum Gasteiger partial charge on any atom is -0.375 e. The van der Waals surface area contributed by atoms with Crippen molar-refractivity contribution < 1.29 is 9.53 Å². The molecule has 0 radical (unpaired) electrons. The molecule has 1 aliphatic heterocycles. The smallest absolute Gasteiger partial charge is 0.272 e. The van der Waals surface area contributed by atoms with Crippen molar-refractivity contribution in [1.29, 1.82) is 0 Å². The Balaban J connectivity index is 2.20. The van der Waals surface area contributed by atoms with Crippen LogP contribution in [0.15, 0.2) is 18.3 Å². The molecule has 2 rings (SSSR count). The Morgan fingerprint density at radius 3 is 3.11 bits per heavy atom. The van der Waals surface area contributed by atoms with Crippen molar-refractivity contribution in [2.45, 2.75) is 32.4 Å². The second-order valence-electron chi connectivity index (χ2n) is 4.52. The molecule has 0 bridgehead atoms. The van der Waals surface area contributed by atoms with Gasteiger partial charge in [0.15, 0.2) is 0 Å². The predicted molar refractivity (Wildman–Crippen MR) is 69.8 cm³/mol. The monoisotopic (exact) mass is 268 g/mol. The second-order valence-corrected chi connectivity index (χ2v) is 4.96. The van der Waals surface area contributed by atoms with Gasteiger partial charge in [0.1, 0.15) is 5.69 Å². The van der Waals surface area contributed by atoms with Gasteiger partial charge in [-0.25, -0.2) is 0 Å². The zero-order valence-corrected chi connectivity index (χ0v) is 11.4. The number of halogens is 1. The van der Waals surface area contributed by atoms with Crippen LogP contribution in [-0.2, 0) is 4.74 Å². The standard InChI is InChI=1S/C13H17ClN2O2/c1-3-11-8-18-9(2)7-16(11)13(17)12-6-10(14)4-5-15-12/h4-6,9,11H,3,7-8H2,1-2H3. The summed E-state index contributed by atoms with van der Waals surface area (Å²) in [6.07, 6.45) is 2.50. The first-order valence-electron chi connectivity index (χ1n) is 6.16. The van der Waals surface area contributed by atoms with Gasteiger partial charge in [0, 0.05) is 17.8 Å². The van der Waals surface area contributed by atoms with Crippen LogP contribution in [0, 0.1) is 0 Å². The summed E-state index contributed by atoms with van der Waals surface area (Å²) >= 11 is 5.89. The van der Waals surface area contributed by atoms with Crippen LogP contribution in [-0.4, -0.2) is 41.1 Å². The minimum atomic E-state index is -0.0699. The van der Waals surface area contributed by atoms with E-state index >= 15 is 0 Å². The summed E-state index contributed by atoms with van der Waals surface area (Å²) in [5.41, 5.74) is 0.398. The van der Waals surface area contributed by atoms with Crippen molar-refractivity contribution in [1.82, 2.24) is 9.88 Å². The van der Waals surface area contributed by atoms with E-state index in [-0.39, 0.29) is 18.1 Å². The molecule has 0 aliphatic carbocycles. The minimum absolute atomic E-state index is 0.0657. The van der Waals surface area contributed by atoms with Gasteiger partial charge in [-0.2, -0.15) is 0 Å². The molecule has 0 spiro atoms. The fourth-order valence-electron chi connectivity index (χ4n) is 2.10. The SMILES string of the molecule is CCC1COC(C)CN1C(=O)c1cc(Cl)ccn1. The predicted octanol–water partition coefficient (Wildman–Crippen LogP) is 2.37. The molecule has 1 saturated heterocycles. The number of amides is 1. The van der Waals surface area contributed by atoms with Gasteiger partial charge in [-0.3, -0.25) is 9.78 Å². The van der Waals surface area contributed by atoms with Crippen molar-refractivity contribution in [3.63, 3.8) is 0 Å². The molecule has 2 unspecified atom stereocenters. The Labute approximate surface area is 112 Å². The summed E-state index contributed by atoms with van der Waals surface area (Å²) in [6.45, 7) is 5.21. The molecule has 2 heterocycles. The van der Waals surface area contributed by atoms with Gasteiger partial charge in [0.2, 0.25) is 0 Å². The van der Waals surface area contributed by atoms with Crippen molar-refractivity contribution in [2.24, 2.45) is 0 Å². The maximum absolute atomic E-state index is 12.4. The molecule has 18 heavy (non-hydrogen) atoms. The van der Waals surface area contributed by atoms with Crippen LogP contribution < -0.4 is 0 Å². The number of rotatable bonds is 2. The molecule has 0 aromatic carbocycles. The molecule has 0 N–H and O–H groups in total. The molecule has 1 aromatic rings. The van der Waals surface area contributed by atoms with E-state index in [4.69, 9.17) is 16.3 Å². The molecule has 98 valence electrons. The number of hydrogen-bond acceptors (Lipinski definition) is 3. The molecule has 1 aromatic heterocycles. The van der Waals surface area contributed by atoms with Gasteiger partial charge in [0.25, 0.3) is 5.91 Å². The molecule has 1 fully saturated rings. The maximum Gasteiger partial charge on any atom is 0.272 e. The second kappa shape index (κ2) is 5.67. The highest BCUT2D eigenvalue weighted by molar-refractivity contribution is 6.30. The van der Waals surface area contributed by atoms with Crippen molar-refractivity contribution in [2.75, 3.05) is 13.2 Å². The van der Waals surface area contributed by atoms with Crippen LogP contribution in [0.25, 0.3) is 0 Å². The summed E-state index contributed by atoms with van der Waals surface area (Å²) in [4.78, 5) is 18.3. The lowest BCUT2D eigenvalue weighted by molar-refractivity contribution is -0.0445. The van der Waals surface area contributed by atoms with Gasteiger partial charge in [0.05, 0.1) is 18.8 Å². The van der Waals surface area contributed by atoms with Crippen molar-refractivity contribution >= 4 is 17.5 Å². The number of nitrogens with zero attached hydrogens (tertiary/aromatic N) is 2. The molecule has 0 saturated carbocycles. The Hall–Kier alpha value is -1.13. The Bertz CT molecular complexity index is 439. The average molecular weight is 269 g/mol.